The fourth-order valence-electron chi connectivity index (χ4n) is 5.21. The van der Waals surface area contributed by atoms with Crippen LogP contribution >= 0.6 is 0 Å². The van der Waals surface area contributed by atoms with Crippen molar-refractivity contribution in [3.05, 3.63) is 65.2 Å². The molecule has 1 saturated heterocycles. The van der Waals surface area contributed by atoms with Gasteiger partial charge in [-0.25, -0.2) is 9.69 Å². The van der Waals surface area contributed by atoms with Gasteiger partial charge in [-0.3, -0.25) is 4.79 Å². The van der Waals surface area contributed by atoms with E-state index in [9.17, 15) is 9.59 Å². The summed E-state index contributed by atoms with van der Waals surface area (Å²) in [6.07, 6.45) is 1.97. The lowest BCUT2D eigenvalue weighted by atomic mass is 9.99. The number of amides is 2. The van der Waals surface area contributed by atoms with Crippen LogP contribution in [-0.4, -0.2) is 57.2 Å². The molecule has 0 spiro atoms. The second-order valence-corrected chi connectivity index (χ2v) is 17.4. The summed E-state index contributed by atoms with van der Waals surface area (Å²) in [7, 11) is -0.758. The van der Waals surface area contributed by atoms with E-state index in [2.05, 4.69) is 33.9 Å². The zero-order valence-corrected chi connectivity index (χ0v) is 26.1. The maximum Gasteiger partial charge on any atom is 0.417 e. The molecule has 7 nitrogen and oxygen atoms in total. The Morgan fingerprint density at radius 1 is 1.10 bits per heavy atom. The van der Waals surface area contributed by atoms with Crippen molar-refractivity contribution in [3.8, 4) is 5.75 Å². The van der Waals surface area contributed by atoms with Gasteiger partial charge in [0.05, 0.1) is 19.3 Å². The number of imide groups is 1. The average molecular weight is 568 g/mol. The number of carbonyl (C=O) groups excluding carboxylic acids is 2. The van der Waals surface area contributed by atoms with E-state index in [1.165, 1.54) is 4.90 Å². The van der Waals surface area contributed by atoms with Crippen LogP contribution in [0, 0.1) is 6.92 Å². The van der Waals surface area contributed by atoms with Crippen LogP contribution in [0.2, 0.25) is 18.1 Å². The van der Waals surface area contributed by atoms with E-state index >= 15 is 0 Å². The number of hydrogen-bond donors (Lipinski definition) is 0. The van der Waals surface area contributed by atoms with E-state index in [1.807, 2.05) is 55.5 Å². The summed E-state index contributed by atoms with van der Waals surface area (Å²) < 4.78 is 24.8. The fraction of sp³-hybridized carbons (Fsp3) is 0.562. The smallest absolute Gasteiger partial charge is 0.417 e. The zero-order valence-electron chi connectivity index (χ0n) is 25.1. The lowest BCUT2D eigenvalue weighted by molar-refractivity contribution is -0.154. The molecule has 40 heavy (non-hydrogen) atoms. The summed E-state index contributed by atoms with van der Waals surface area (Å²) in [6.45, 7) is 13.0. The third-order valence-electron chi connectivity index (χ3n) is 8.66. The van der Waals surface area contributed by atoms with Crippen LogP contribution in [0.3, 0.4) is 0 Å². The molecule has 0 N–H and O–H groups in total. The van der Waals surface area contributed by atoms with Crippen LogP contribution < -0.4 is 4.74 Å². The van der Waals surface area contributed by atoms with Crippen LogP contribution in [0.4, 0.5) is 4.79 Å². The van der Waals surface area contributed by atoms with Crippen LogP contribution in [0.1, 0.15) is 69.2 Å². The first-order valence-corrected chi connectivity index (χ1v) is 17.3. The van der Waals surface area contributed by atoms with Gasteiger partial charge in [-0.05, 0) is 67.1 Å². The number of cyclic esters (lactones) is 1. The summed E-state index contributed by atoms with van der Waals surface area (Å²) in [5.41, 5.74) is 2.83. The van der Waals surface area contributed by atoms with Gasteiger partial charge in [0.2, 0.25) is 0 Å². The third-order valence-corrected chi connectivity index (χ3v) is 13.1. The molecule has 1 unspecified atom stereocenters. The van der Waals surface area contributed by atoms with Gasteiger partial charge >= 0.3 is 6.09 Å². The van der Waals surface area contributed by atoms with Crippen molar-refractivity contribution in [2.24, 2.45) is 0 Å². The van der Waals surface area contributed by atoms with E-state index in [0.717, 1.165) is 48.1 Å². The highest BCUT2D eigenvalue weighted by atomic mass is 28.4. The van der Waals surface area contributed by atoms with Crippen LogP contribution in [0.15, 0.2) is 48.5 Å². The van der Waals surface area contributed by atoms with Gasteiger partial charge in [-0.1, -0.05) is 76.1 Å². The van der Waals surface area contributed by atoms with Crippen molar-refractivity contribution in [1.29, 1.82) is 0 Å². The lowest BCUT2D eigenvalue weighted by Crippen LogP contribution is -2.52. The number of methoxy groups -OCH3 is 1. The first-order valence-electron chi connectivity index (χ1n) is 14.4. The van der Waals surface area contributed by atoms with Crippen molar-refractivity contribution in [2.45, 2.75) is 102 Å². The van der Waals surface area contributed by atoms with Crippen molar-refractivity contribution < 1.29 is 28.2 Å². The molecule has 4 rings (SSSR count). The van der Waals surface area contributed by atoms with Gasteiger partial charge in [0.25, 0.3) is 5.91 Å². The summed E-state index contributed by atoms with van der Waals surface area (Å²) in [4.78, 5) is 28.9. The second-order valence-electron chi connectivity index (χ2n) is 12.6. The van der Waals surface area contributed by atoms with E-state index in [-0.39, 0.29) is 17.7 Å². The SMILES string of the molecule is COc1cc(C(O[Si](C)(C)C(C)(C)C)[C@@H](OC2CCCC2)C(=O)N2C(=O)OC[C@H]2Cc2ccccc2)ccc1C. The summed E-state index contributed by atoms with van der Waals surface area (Å²) in [5, 5.41) is -0.108. The number of nitrogens with zero attached hydrogens (tertiary/aromatic N) is 1. The van der Waals surface area contributed by atoms with Crippen LogP contribution in [-0.2, 0) is 25.1 Å². The lowest BCUT2D eigenvalue weighted by Gasteiger charge is -2.42. The van der Waals surface area contributed by atoms with Crippen LogP contribution in [0.5, 0.6) is 5.75 Å². The quantitative estimate of drug-likeness (QED) is 0.288. The molecular weight excluding hydrogens is 522 g/mol. The fourth-order valence-corrected chi connectivity index (χ4v) is 6.46. The maximum atomic E-state index is 14.5. The molecule has 8 heteroatoms. The number of rotatable bonds is 10. The molecule has 218 valence electrons. The molecule has 1 heterocycles. The molecule has 0 bridgehead atoms. The Balaban J connectivity index is 1.76. The highest BCUT2D eigenvalue weighted by Crippen LogP contribution is 2.43. The molecule has 0 aromatic heterocycles. The molecule has 1 aliphatic carbocycles. The topological polar surface area (TPSA) is 74.3 Å². The summed E-state index contributed by atoms with van der Waals surface area (Å²) in [5.74, 6) is 0.314. The van der Waals surface area contributed by atoms with Crippen molar-refractivity contribution in [2.75, 3.05) is 13.7 Å². The zero-order chi connectivity index (χ0) is 29.1. The molecule has 2 aromatic rings. The van der Waals surface area contributed by atoms with E-state index < -0.39 is 38.6 Å². The molecule has 2 fully saturated rings. The monoisotopic (exact) mass is 567 g/mol. The minimum absolute atomic E-state index is 0.0713. The maximum absolute atomic E-state index is 14.5. The van der Waals surface area contributed by atoms with Gasteiger partial charge in [-0.2, -0.15) is 0 Å². The number of benzene rings is 2. The first kappa shape index (κ1) is 30.3. The van der Waals surface area contributed by atoms with Gasteiger partial charge < -0.3 is 18.6 Å². The predicted octanol–water partition coefficient (Wildman–Crippen LogP) is 6.98. The minimum Gasteiger partial charge on any atom is -0.496 e. The Bertz CT molecular complexity index is 1170. The second kappa shape index (κ2) is 12.5. The Kier molecular flexibility index (Phi) is 9.43. The number of aryl methyl sites for hydroxylation is 1. The van der Waals surface area contributed by atoms with Gasteiger partial charge in [-0.15, -0.1) is 0 Å². The predicted molar refractivity (Wildman–Crippen MR) is 158 cm³/mol. The highest BCUT2D eigenvalue weighted by Gasteiger charge is 2.48. The van der Waals surface area contributed by atoms with Crippen LogP contribution in [0.25, 0.3) is 0 Å². The molecule has 0 radical (unpaired) electrons. The molecule has 1 saturated carbocycles. The minimum atomic E-state index is -2.40. The van der Waals surface area contributed by atoms with E-state index in [1.54, 1.807) is 7.11 Å². The normalized spacial score (nSPS) is 19.9. The Morgan fingerprint density at radius 3 is 2.40 bits per heavy atom. The van der Waals surface area contributed by atoms with Crippen molar-refractivity contribution >= 4 is 20.3 Å². The molecule has 2 aliphatic rings. The van der Waals surface area contributed by atoms with Crippen molar-refractivity contribution in [3.63, 3.8) is 0 Å². The van der Waals surface area contributed by atoms with E-state index in [0.29, 0.717) is 6.42 Å². The summed E-state index contributed by atoms with van der Waals surface area (Å²) in [6, 6.07) is 15.4. The number of hydrogen-bond acceptors (Lipinski definition) is 6. The number of ether oxygens (including phenoxy) is 3. The standard InChI is InChI=1S/C32H45NO6Si/c1-22-17-18-24(20-27(22)36-5)28(39-40(6,7)32(2,3)4)29(38-26-15-11-12-16-26)30(34)33-25(21-37-31(33)35)19-23-13-9-8-10-14-23/h8-10,13-14,17-18,20,25-26,28-29H,11-12,15-16,19,21H2,1-7H3/t25-,28?,29-/m1/s1. The average Bonchev–Trinajstić information content (AvgIpc) is 3.55. The molecule has 2 amide bonds. The first-order chi connectivity index (χ1) is 18.9. The van der Waals surface area contributed by atoms with Gasteiger partial charge in [0.15, 0.2) is 14.4 Å². The number of carbonyl (C=O) groups is 2. The Hall–Kier alpha value is -2.68. The van der Waals surface area contributed by atoms with Crippen molar-refractivity contribution in [1.82, 2.24) is 4.90 Å². The van der Waals surface area contributed by atoms with E-state index in [4.69, 9.17) is 18.6 Å². The summed E-state index contributed by atoms with van der Waals surface area (Å²) >= 11 is 0. The molecular formula is C32H45NO6Si. The Morgan fingerprint density at radius 2 is 1.77 bits per heavy atom. The third kappa shape index (κ3) is 6.78. The van der Waals surface area contributed by atoms with Gasteiger partial charge in [0.1, 0.15) is 18.5 Å². The Labute approximate surface area is 240 Å². The molecule has 1 aliphatic heterocycles. The van der Waals surface area contributed by atoms with Gasteiger partial charge in [0, 0.05) is 0 Å². The highest BCUT2D eigenvalue weighted by molar-refractivity contribution is 6.74. The molecule has 2 aromatic carbocycles. The molecule has 3 atom stereocenters. The largest absolute Gasteiger partial charge is 0.496 e.